The van der Waals surface area contributed by atoms with Crippen LogP contribution in [0.5, 0.6) is 0 Å². The van der Waals surface area contributed by atoms with Gasteiger partial charge in [0.05, 0.1) is 10.4 Å². The number of anilines is 1. The van der Waals surface area contributed by atoms with Crippen LogP contribution in [0.25, 0.3) is 0 Å². The molecule has 0 aromatic heterocycles. The summed E-state index contributed by atoms with van der Waals surface area (Å²) in [5, 5.41) is 11.9. The molecule has 0 saturated carbocycles. The minimum absolute atomic E-state index is 0.0139. The van der Waals surface area contributed by atoms with E-state index in [1.807, 2.05) is 0 Å². The molecule has 3 unspecified atom stereocenters. The molecule has 2 amide bonds. The first-order valence-corrected chi connectivity index (χ1v) is 7.54. The molecule has 3 rings (SSSR count). The molecule has 2 saturated heterocycles. The van der Waals surface area contributed by atoms with E-state index in [0.29, 0.717) is 12.1 Å². The van der Waals surface area contributed by atoms with Gasteiger partial charge in [-0.25, -0.2) is 9.18 Å². The number of fused-ring (bicyclic) bond motifs is 2. The fourth-order valence-electron chi connectivity index (χ4n) is 3.33. The molecule has 21 heavy (non-hydrogen) atoms. The van der Waals surface area contributed by atoms with Gasteiger partial charge in [-0.05, 0) is 53.4 Å². The fourth-order valence-corrected chi connectivity index (χ4v) is 3.71. The third-order valence-electron chi connectivity index (χ3n) is 4.26. The molecule has 1 aromatic rings. The largest absolute Gasteiger partial charge is 0.481 e. The normalized spacial score (nSPS) is 27.0. The predicted octanol–water partition coefficient (Wildman–Crippen LogP) is 3.06. The summed E-state index contributed by atoms with van der Waals surface area (Å²) < 4.78 is 13.4. The zero-order valence-electron chi connectivity index (χ0n) is 11.1. The fraction of sp³-hybridized carbons (Fsp3) is 0.429. The van der Waals surface area contributed by atoms with E-state index in [0.717, 1.165) is 12.8 Å². The van der Waals surface area contributed by atoms with Gasteiger partial charge in [0.2, 0.25) is 0 Å². The van der Waals surface area contributed by atoms with Crippen LogP contribution in [-0.4, -0.2) is 34.1 Å². The molecule has 0 spiro atoms. The topological polar surface area (TPSA) is 69.6 Å². The Morgan fingerprint density at radius 3 is 2.76 bits per heavy atom. The number of nitrogens with one attached hydrogen (secondary N) is 1. The lowest BCUT2D eigenvalue weighted by atomic mass is 9.89. The number of carbonyl (C=O) groups excluding carboxylic acids is 1. The number of nitrogens with zero attached hydrogens (tertiary/aromatic N) is 1. The van der Waals surface area contributed by atoms with E-state index >= 15 is 0 Å². The zero-order chi connectivity index (χ0) is 15.1. The quantitative estimate of drug-likeness (QED) is 0.855. The van der Waals surface area contributed by atoms with Crippen LogP contribution in [-0.2, 0) is 4.79 Å². The number of hydrogen-bond donors (Lipinski definition) is 2. The summed E-state index contributed by atoms with van der Waals surface area (Å²) in [5.41, 5.74) is 0.478. The van der Waals surface area contributed by atoms with Crippen LogP contribution < -0.4 is 5.32 Å². The van der Waals surface area contributed by atoms with E-state index in [-0.39, 0.29) is 22.6 Å². The Morgan fingerprint density at radius 2 is 2.14 bits per heavy atom. The van der Waals surface area contributed by atoms with Gasteiger partial charge in [0.25, 0.3) is 0 Å². The first kappa shape index (κ1) is 14.3. The van der Waals surface area contributed by atoms with Gasteiger partial charge in [-0.15, -0.1) is 0 Å². The van der Waals surface area contributed by atoms with Crippen molar-refractivity contribution < 1.29 is 19.1 Å². The van der Waals surface area contributed by atoms with Gasteiger partial charge in [0.15, 0.2) is 0 Å². The second-order valence-corrected chi connectivity index (χ2v) is 6.30. The molecule has 2 N–H and O–H groups in total. The third-order valence-corrected chi connectivity index (χ3v) is 4.87. The summed E-state index contributed by atoms with van der Waals surface area (Å²) in [5.74, 6) is -1.72. The van der Waals surface area contributed by atoms with E-state index in [1.165, 1.54) is 18.2 Å². The maximum Gasteiger partial charge on any atom is 0.322 e. The summed E-state index contributed by atoms with van der Waals surface area (Å²) in [6.07, 6.45) is 2.08. The van der Waals surface area contributed by atoms with Crippen molar-refractivity contribution >= 4 is 33.6 Å². The van der Waals surface area contributed by atoms with Crippen LogP contribution in [0.4, 0.5) is 14.9 Å². The molecule has 0 radical (unpaired) electrons. The van der Waals surface area contributed by atoms with E-state index in [4.69, 9.17) is 0 Å². The lowest BCUT2D eigenvalue weighted by Gasteiger charge is -2.23. The number of rotatable bonds is 2. The lowest BCUT2D eigenvalue weighted by Crippen LogP contribution is -2.40. The lowest BCUT2D eigenvalue weighted by molar-refractivity contribution is -0.142. The molecule has 7 heteroatoms. The Balaban J connectivity index is 1.74. The first-order chi connectivity index (χ1) is 9.97. The molecular weight excluding hydrogens is 343 g/mol. The Kier molecular flexibility index (Phi) is 3.61. The van der Waals surface area contributed by atoms with Crippen molar-refractivity contribution in [2.45, 2.75) is 31.3 Å². The van der Waals surface area contributed by atoms with Crippen molar-refractivity contribution in [2.75, 3.05) is 5.32 Å². The maximum absolute atomic E-state index is 13.2. The summed E-state index contributed by atoms with van der Waals surface area (Å²) in [7, 11) is 0. The second kappa shape index (κ2) is 5.29. The van der Waals surface area contributed by atoms with Crippen LogP contribution in [0.2, 0.25) is 0 Å². The van der Waals surface area contributed by atoms with E-state index < -0.39 is 17.7 Å². The Bertz CT molecular complexity index is 610. The van der Waals surface area contributed by atoms with Crippen LogP contribution in [0.3, 0.4) is 0 Å². The number of halogens is 2. The highest BCUT2D eigenvalue weighted by Gasteiger charge is 2.51. The number of hydrogen-bond acceptors (Lipinski definition) is 2. The van der Waals surface area contributed by atoms with Gasteiger partial charge in [-0.1, -0.05) is 0 Å². The van der Waals surface area contributed by atoms with Gasteiger partial charge < -0.3 is 15.3 Å². The molecule has 0 aliphatic carbocycles. The van der Waals surface area contributed by atoms with Crippen LogP contribution >= 0.6 is 15.9 Å². The Morgan fingerprint density at radius 1 is 1.38 bits per heavy atom. The van der Waals surface area contributed by atoms with Gasteiger partial charge in [-0.2, -0.15) is 0 Å². The van der Waals surface area contributed by atoms with Gasteiger partial charge in [0.1, 0.15) is 5.82 Å². The zero-order valence-corrected chi connectivity index (χ0v) is 12.6. The second-order valence-electron chi connectivity index (χ2n) is 5.45. The summed E-state index contributed by atoms with van der Waals surface area (Å²) >= 11 is 3.07. The highest BCUT2D eigenvalue weighted by atomic mass is 79.9. The number of urea groups is 1. The molecule has 3 atom stereocenters. The third kappa shape index (κ3) is 2.50. The van der Waals surface area contributed by atoms with Crippen molar-refractivity contribution in [1.29, 1.82) is 0 Å². The standard InChI is InChI=1S/C14H14BrFN2O3/c15-10-5-7(1-3-11(10)16)17-14(21)18-8-2-4-12(18)9(6-8)13(19)20/h1,3,5,8-9,12H,2,4,6H2,(H,17,21)(H,19,20). The summed E-state index contributed by atoms with van der Waals surface area (Å²) in [6, 6.07) is 3.66. The molecular formula is C14H14BrFN2O3. The molecule has 2 fully saturated rings. The Labute approximate surface area is 129 Å². The van der Waals surface area contributed by atoms with E-state index in [1.54, 1.807) is 4.90 Å². The first-order valence-electron chi connectivity index (χ1n) is 6.74. The molecule has 2 heterocycles. The number of carboxylic acids is 1. The SMILES string of the molecule is O=C(O)C1CC2CCC1N2C(=O)Nc1ccc(F)c(Br)c1. The molecule has 2 aliphatic heterocycles. The van der Waals surface area contributed by atoms with Crippen LogP contribution in [0, 0.1) is 11.7 Å². The number of carboxylic acid groups (broad SMARTS) is 1. The number of benzene rings is 1. The van der Waals surface area contributed by atoms with E-state index in [9.17, 15) is 19.1 Å². The van der Waals surface area contributed by atoms with Crippen molar-refractivity contribution in [1.82, 2.24) is 4.90 Å². The smallest absolute Gasteiger partial charge is 0.322 e. The van der Waals surface area contributed by atoms with Crippen LogP contribution in [0.1, 0.15) is 19.3 Å². The average molecular weight is 357 g/mol. The molecule has 5 nitrogen and oxygen atoms in total. The molecule has 1 aromatic carbocycles. The van der Waals surface area contributed by atoms with Crippen LogP contribution in [0.15, 0.2) is 22.7 Å². The summed E-state index contributed by atoms with van der Waals surface area (Å²) in [4.78, 5) is 25.2. The summed E-state index contributed by atoms with van der Waals surface area (Å²) in [6.45, 7) is 0. The maximum atomic E-state index is 13.2. The van der Waals surface area contributed by atoms with Crippen molar-refractivity contribution in [3.63, 3.8) is 0 Å². The average Bonchev–Trinajstić information content (AvgIpc) is 3.00. The minimum Gasteiger partial charge on any atom is -0.481 e. The highest BCUT2D eigenvalue weighted by molar-refractivity contribution is 9.10. The van der Waals surface area contributed by atoms with Gasteiger partial charge in [-0.3, -0.25) is 4.79 Å². The van der Waals surface area contributed by atoms with Crippen molar-refractivity contribution in [2.24, 2.45) is 5.92 Å². The number of carbonyl (C=O) groups is 2. The van der Waals surface area contributed by atoms with E-state index in [2.05, 4.69) is 21.2 Å². The monoisotopic (exact) mass is 356 g/mol. The molecule has 2 bridgehead atoms. The van der Waals surface area contributed by atoms with Gasteiger partial charge in [0, 0.05) is 17.8 Å². The van der Waals surface area contributed by atoms with Gasteiger partial charge >= 0.3 is 12.0 Å². The minimum atomic E-state index is -0.843. The van der Waals surface area contributed by atoms with Crippen molar-refractivity contribution in [3.8, 4) is 0 Å². The Hall–Kier alpha value is -1.63. The molecule has 112 valence electrons. The highest BCUT2D eigenvalue weighted by Crippen LogP contribution is 2.42. The number of aliphatic carboxylic acids is 1. The predicted molar refractivity (Wildman–Crippen MR) is 77.5 cm³/mol. The molecule has 2 aliphatic rings. The van der Waals surface area contributed by atoms with Crippen molar-refractivity contribution in [3.05, 3.63) is 28.5 Å². The number of amides is 2.